The van der Waals surface area contributed by atoms with E-state index in [9.17, 15) is 33.0 Å². The maximum atomic E-state index is 14.4. The van der Waals surface area contributed by atoms with E-state index in [4.69, 9.17) is 9.47 Å². The lowest BCUT2D eigenvalue weighted by Crippen LogP contribution is -2.47. The van der Waals surface area contributed by atoms with Gasteiger partial charge in [0.2, 0.25) is 0 Å². The molecule has 0 bridgehead atoms. The van der Waals surface area contributed by atoms with Crippen molar-refractivity contribution in [2.24, 2.45) is 11.8 Å². The van der Waals surface area contributed by atoms with Crippen LogP contribution in [0.2, 0.25) is 0 Å². The zero-order valence-corrected chi connectivity index (χ0v) is 31.2. The molecule has 55 heavy (non-hydrogen) atoms. The summed E-state index contributed by atoms with van der Waals surface area (Å²) in [7, 11) is 2.95. The average Bonchev–Trinajstić information content (AvgIpc) is 3.62. The summed E-state index contributed by atoms with van der Waals surface area (Å²) in [6.07, 6.45) is 0.521. The van der Waals surface area contributed by atoms with Gasteiger partial charge in [-0.2, -0.15) is 13.2 Å². The number of aromatic nitrogens is 1. The predicted molar refractivity (Wildman–Crippen MR) is 204 cm³/mol. The number of amides is 1. The summed E-state index contributed by atoms with van der Waals surface area (Å²) >= 11 is 0. The molecule has 3 N–H and O–H groups in total. The standard InChI is InChI=1S/C42H45F3N4O6/c1-25-28(11-12-29-16-38(54-3)31(15-35(29)42(43,44)45)22-48-14-13-30(21-48)41(52)53)7-5-8-33(25)34-9-6-10-36(26(34)2)47-40(51)37-17-39(55-4)32(18-46-37)23-49-19-27(20-49)24-50/h5-12,15-18,27,30,50H,13-14,19-24H2,1-4H3,(H,47,51)(H,52,53)/b12-11+/t30-/m1/s1. The third kappa shape index (κ3) is 8.85. The number of methoxy groups -OCH3 is 2. The molecule has 2 fully saturated rings. The Hall–Kier alpha value is -5.24. The van der Waals surface area contributed by atoms with Crippen LogP contribution in [0.3, 0.4) is 0 Å². The van der Waals surface area contributed by atoms with Crippen molar-refractivity contribution in [3.8, 4) is 22.6 Å². The van der Waals surface area contributed by atoms with E-state index in [-0.39, 0.29) is 36.9 Å². The van der Waals surface area contributed by atoms with Crippen molar-refractivity contribution in [3.05, 3.63) is 105 Å². The minimum Gasteiger partial charge on any atom is -0.496 e. The van der Waals surface area contributed by atoms with Crippen LogP contribution >= 0.6 is 0 Å². The highest BCUT2D eigenvalue weighted by atomic mass is 19.4. The molecule has 0 aliphatic carbocycles. The van der Waals surface area contributed by atoms with Crippen LogP contribution < -0.4 is 14.8 Å². The average molecular weight is 759 g/mol. The van der Waals surface area contributed by atoms with Crippen LogP contribution in [0.15, 0.2) is 60.8 Å². The number of hydrogen-bond acceptors (Lipinski definition) is 8. The number of rotatable bonds is 13. The largest absolute Gasteiger partial charge is 0.496 e. The first-order chi connectivity index (χ1) is 26.3. The molecule has 2 aliphatic rings. The number of pyridine rings is 1. The van der Waals surface area contributed by atoms with E-state index < -0.39 is 29.5 Å². The van der Waals surface area contributed by atoms with Gasteiger partial charge >= 0.3 is 12.1 Å². The van der Waals surface area contributed by atoms with Gasteiger partial charge in [0.05, 0.1) is 25.7 Å². The van der Waals surface area contributed by atoms with Crippen molar-refractivity contribution in [2.45, 2.75) is 39.5 Å². The fraction of sp³-hybridized carbons (Fsp3) is 0.357. The minimum atomic E-state index is -4.64. The Morgan fingerprint density at radius 3 is 2.20 bits per heavy atom. The van der Waals surface area contributed by atoms with Crippen LogP contribution in [-0.4, -0.2) is 83.9 Å². The van der Waals surface area contributed by atoms with Gasteiger partial charge in [-0.05, 0) is 78.4 Å². The van der Waals surface area contributed by atoms with Crippen LogP contribution in [0, 0.1) is 25.7 Å². The van der Waals surface area contributed by atoms with Crippen LogP contribution in [0.5, 0.6) is 11.5 Å². The normalized spacial score (nSPS) is 16.7. The zero-order chi connectivity index (χ0) is 39.4. The number of aliphatic carboxylic acids is 1. The van der Waals surface area contributed by atoms with Gasteiger partial charge in [-0.1, -0.05) is 42.5 Å². The molecule has 290 valence electrons. The summed E-state index contributed by atoms with van der Waals surface area (Å²) < 4.78 is 54.4. The molecule has 0 spiro atoms. The fourth-order valence-corrected chi connectivity index (χ4v) is 7.37. The number of alkyl halides is 3. The molecule has 1 aromatic heterocycles. The van der Waals surface area contributed by atoms with E-state index in [1.165, 1.54) is 19.3 Å². The minimum absolute atomic E-state index is 0.0576. The molecular weight excluding hydrogens is 713 g/mol. The summed E-state index contributed by atoms with van der Waals surface area (Å²) in [5, 5.41) is 21.7. The molecule has 1 atom stereocenters. The first kappa shape index (κ1) is 39.5. The predicted octanol–water partition coefficient (Wildman–Crippen LogP) is 7.15. The van der Waals surface area contributed by atoms with Gasteiger partial charge in [-0.25, -0.2) is 0 Å². The van der Waals surface area contributed by atoms with Crippen molar-refractivity contribution < 1.29 is 42.4 Å². The molecule has 13 heteroatoms. The van der Waals surface area contributed by atoms with Crippen molar-refractivity contribution >= 4 is 29.7 Å². The second-order valence-corrected chi connectivity index (χ2v) is 14.2. The molecule has 2 saturated heterocycles. The van der Waals surface area contributed by atoms with Crippen LogP contribution in [0.25, 0.3) is 23.3 Å². The lowest BCUT2D eigenvalue weighted by Gasteiger charge is -2.38. The number of carboxylic acid groups (broad SMARTS) is 1. The summed E-state index contributed by atoms with van der Waals surface area (Å²) in [6.45, 7) is 7.01. The maximum absolute atomic E-state index is 14.4. The van der Waals surface area contributed by atoms with Crippen molar-refractivity contribution in [1.29, 1.82) is 0 Å². The van der Waals surface area contributed by atoms with E-state index in [2.05, 4.69) is 15.2 Å². The molecule has 10 nitrogen and oxygen atoms in total. The Labute approximate surface area is 318 Å². The van der Waals surface area contributed by atoms with Crippen LogP contribution in [0.1, 0.15) is 55.9 Å². The number of carbonyl (C=O) groups excluding carboxylic acids is 1. The number of aliphatic hydroxyl groups excluding tert-OH is 1. The third-order valence-corrected chi connectivity index (χ3v) is 10.5. The molecule has 2 aliphatic heterocycles. The molecular formula is C42H45F3N4O6. The van der Waals surface area contributed by atoms with Gasteiger partial charge in [0.25, 0.3) is 5.91 Å². The van der Waals surface area contributed by atoms with E-state index >= 15 is 0 Å². The fourth-order valence-electron chi connectivity index (χ4n) is 7.37. The highest BCUT2D eigenvalue weighted by molar-refractivity contribution is 6.04. The number of benzene rings is 3. The first-order valence-electron chi connectivity index (χ1n) is 18.1. The summed E-state index contributed by atoms with van der Waals surface area (Å²) in [5.41, 5.74) is 5.12. The molecule has 3 heterocycles. The highest BCUT2D eigenvalue weighted by Gasteiger charge is 2.35. The van der Waals surface area contributed by atoms with Crippen molar-refractivity contribution in [2.75, 3.05) is 52.3 Å². The van der Waals surface area contributed by atoms with Gasteiger partial charge in [0.1, 0.15) is 17.2 Å². The third-order valence-electron chi connectivity index (χ3n) is 10.5. The molecule has 0 saturated carbocycles. The lowest BCUT2D eigenvalue weighted by molar-refractivity contribution is -0.141. The Morgan fingerprint density at radius 2 is 1.55 bits per heavy atom. The van der Waals surface area contributed by atoms with Crippen LogP contribution in [-0.2, 0) is 24.1 Å². The number of carboxylic acids is 1. The van der Waals surface area contributed by atoms with Gasteiger partial charge in [-0.15, -0.1) is 0 Å². The summed E-state index contributed by atoms with van der Waals surface area (Å²) in [5.74, 6) is -0.752. The molecule has 1 amide bonds. The number of ether oxygens (including phenoxy) is 2. The number of hydrogen-bond donors (Lipinski definition) is 3. The number of aliphatic hydroxyl groups is 1. The quantitative estimate of drug-likeness (QED) is 0.122. The maximum Gasteiger partial charge on any atom is 0.417 e. The molecule has 0 radical (unpaired) electrons. The van der Waals surface area contributed by atoms with E-state index in [1.54, 1.807) is 31.5 Å². The summed E-state index contributed by atoms with van der Waals surface area (Å²) in [4.78, 5) is 33.2. The molecule has 0 unspecified atom stereocenters. The SMILES string of the molecule is COc1cc(C(=O)Nc2cccc(-c3cccc(/C=C/c4cc(OC)c(CN5CC[C@@H](C(=O)O)C5)cc4C(F)(F)F)c3C)c2C)ncc1CN1CC(CO)C1. The molecule has 3 aromatic carbocycles. The summed E-state index contributed by atoms with van der Waals surface area (Å²) in [6, 6.07) is 15.2. The monoisotopic (exact) mass is 758 g/mol. The van der Waals surface area contributed by atoms with E-state index in [1.807, 2.05) is 49.1 Å². The second-order valence-electron chi connectivity index (χ2n) is 14.2. The molecule has 6 rings (SSSR count). The second kappa shape index (κ2) is 16.6. The zero-order valence-electron chi connectivity index (χ0n) is 31.2. The Balaban J connectivity index is 1.22. The van der Waals surface area contributed by atoms with Gasteiger partial charge < -0.3 is 25.0 Å². The number of halogens is 3. The van der Waals surface area contributed by atoms with Gasteiger partial charge in [0, 0.05) is 74.3 Å². The highest BCUT2D eigenvalue weighted by Crippen LogP contribution is 2.39. The van der Waals surface area contributed by atoms with Gasteiger partial charge in [0.15, 0.2) is 0 Å². The lowest BCUT2D eigenvalue weighted by atomic mass is 9.92. The van der Waals surface area contributed by atoms with Crippen molar-refractivity contribution in [3.63, 3.8) is 0 Å². The number of anilines is 1. The van der Waals surface area contributed by atoms with E-state index in [0.717, 1.165) is 47.0 Å². The Morgan fingerprint density at radius 1 is 0.891 bits per heavy atom. The smallest absolute Gasteiger partial charge is 0.417 e. The van der Waals surface area contributed by atoms with Gasteiger partial charge in [-0.3, -0.25) is 24.4 Å². The number of likely N-dealkylation sites (tertiary alicyclic amines) is 2. The first-order valence-corrected chi connectivity index (χ1v) is 18.1. The number of nitrogens with one attached hydrogen (secondary N) is 1. The van der Waals surface area contributed by atoms with E-state index in [0.29, 0.717) is 47.8 Å². The topological polar surface area (TPSA) is 124 Å². The molecule has 4 aromatic rings. The van der Waals surface area contributed by atoms with Crippen LogP contribution in [0.4, 0.5) is 18.9 Å². The number of carbonyl (C=O) groups is 2. The number of nitrogens with zero attached hydrogens (tertiary/aromatic N) is 3. The Bertz CT molecular complexity index is 2100. The van der Waals surface area contributed by atoms with Crippen molar-refractivity contribution in [1.82, 2.24) is 14.8 Å². The Kier molecular flexibility index (Phi) is 11.9.